The molecule has 19 heavy (non-hydrogen) atoms. The molecular formula is C14H21N3OS. The number of nitrogens with one attached hydrogen (secondary N) is 1. The summed E-state index contributed by atoms with van der Waals surface area (Å²) in [6.45, 7) is 6.21. The monoisotopic (exact) mass is 279 g/mol. The van der Waals surface area contributed by atoms with Crippen molar-refractivity contribution < 1.29 is 4.21 Å². The topological polar surface area (TPSA) is 79.3 Å². The van der Waals surface area contributed by atoms with E-state index in [0.717, 1.165) is 16.2 Å². The SMILES string of the molecule is CC(=NCC(=N)N)c1ccc(S(=O)CC(C)C)cc1. The predicted molar refractivity (Wildman–Crippen MR) is 81.5 cm³/mol. The fourth-order valence-electron chi connectivity index (χ4n) is 1.54. The first-order chi connectivity index (χ1) is 8.90. The van der Waals surface area contributed by atoms with Gasteiger partial charge in [0.25, 0.3) is 0 Å². The number of nitrogens with two attached hydrogens (primary N) is 1. The molecule has 1 unspecified atom stereocenters. The van der Waals surface area contributed by atoms with Gasteiger partial charge in [0.2, 0.25) is 0 Å². The van der Waals surface area contributed by atoms with Crippen LogP contribution in [0.3, 0.4) is 0 Å². The minimum atomic E-state index is -0.940. The first kappa shape index (κ1) is 15.6. The number of hydrogen-bond acceptors (Lipinski definition) is 3. The van der Waals surface area contributed by atoms with E-state index in [1.807, 2.05) is 31.2 Å². The normalized spacial score (nSPS) is 13.6. The van der Waals surface area contributed by atoms with Crippen molar-refractivity contribution in [3.05, 3.63) is 29.8 Å². The third-order valence-corrected chi connectivity index (χ3v) is 4.27. The summed E-state index contributed by atoms with van der Waals surface area (Å²) in [5.74, 6) is 1.14. The molecule has 1 atom stereocenters. The van der Waals surface area contributed by atoms with Crippen LogP contribution in [0.15, 0.2) is 34.2 Å². The number of benzene rings is 1. The summed E-state index contributed by atoms with van der Waals surface area (Å²) in [6, 6.07) is 7.57. The van der Waals surface area contributed by atoms with Crippen LogP contribution >= 0.6 is 0 Å². The highest BCUT2D eigenvalue weighted by molar-refractivity contribution is 7.85. The van der Waals surface area contributed by atoms with Crippen molar-refractivity contribution in [2.45, 2.75) is 25.7 Å². The Morgan fingerprint density at radius 3 is 2.42 bits per heavy atom. The van der Waals surface area contributed by atoms with Gasteiger partial charge in [-0.05, 0) is 30.5 Å². The summed E-state index contributed by atoms with van der Waals surface area (Å²) < 4.78 is 12.0. The fraction of sp³-hybridized carbons (Fsp3) is 0.429. The lowest BCUT2D eigenvalue weighted by molar-refractivity contribution is 0.665. The number of aliphatic imine (C=N–C) groups is 1. The van der Waals surface area contributed by atoms with Crippen molar-refractivity contribution in [3.63, 3.8) is 0 Å². The second-order valence-corrected chi connectivity index (χ2v) is 6.35. The molecule has 0 fully saturated rings. The smallest absolute Gasteiger partial charge is 0.113 e. The van der Waals surface area contributed by atoms with Crippen molar-refractivity contribution in [3.8, 4) is 0 Å². The Hall–Kier alpha value is -1.49. The standard InChI is InChI=1S/C14H21N3OS/c1-10(2)9-19(18)13-6-4-12(5-7-13)11(3)17-8-14(15)16/h4-7,10H,8-9H2,1-3H3,(H3,15,16). The van der Waals surface area contributed by atoms with E-state index in [9.17, 15) is 4.21 Å². The molecule has 0 radical (unpaired) electrons. The molecule has 0 spiro atoms. The van der Waals surface area contributed by atoms with Crippen LogP contribution < -0.4 is 5.73 Å². The van der Waals surface area contributed by atoms with Gasteiger partial charge < -0.3 is 5.73 Å². The van der Waals surface area contributed by atoms with Crippen LogP contribution in [0.5, 0.6) is 0 Å². The molecule has 0 saturated heterocycles. The summed E-state index contributed by atoms with van der Waals surface area (Å²) in [5, 5.41) is 7.14. The first-order valence-electron chi connectivity index (χ1n) is 6.23. The average Bonchev–Trinajstić information content (AvgIpc) is 2.35. The Bertz CT molecular complexity index is 492. The number of nitrogens with zero attached hydrogens (tertiary/aromatic N) is 1. The Balaban J connectivity index is 2.78. The lowest BCUT2D eigenvalue weighted by Gasteiger charge is -2.06. The molecular weight excluding hydrogens is 258 g/mol. The van der Waals surface area contributed by atoms with Crippen LogP contribution in [-0.4, -0.2) is 28.1 Å². The van der Waals surface area contributed by atoms with Gasteiger partial charge >= 0.3 is 0 Å². The van der Waals surface area contributed by atoms with Crippen LogP contribution in [0.2, 0.25) is 0 Å². The van der Waals surface area contributed by atoms with Crippen LogP contribution in [0.4, 0.5) is 0 Å². The molecule has 1 rings (SSSR count). The van der Waals surface area contributed by atoms with E-state index < -0.39 is 10.8 Å². The maximum absolute atomic E-state index is 12.0. The van der Waals surface area contributed by atoms with Gasteiger partial charge in [-0.1, -0.05) is 26.0 Å². The summed E-state index contributed by atoms with van der Waals surface area (Å²) in [6.07, 6.45) is 0. The summed E-state index contributed by atoms with van der Waals surface area (Å²) >= 11 is 0. The van der Waals surface area contributed by atoms with Crippen molar-refractivity contribution in [2.24, 2.45) is 16.6 Å². The van der Waals surface area contributed by atoms with Gasteiger partial charge in [0.05, 0.1) is 17.3 Å². The Morgan fingerprint density at radius 1 is 1.37 bits per heavy atom. The second kappa shape index (κ2) is 7.19. The van der Waals surface area contributed by atoms with Crippen LogP contribution in [0.1, 0.15) is 26.3 Å². The zero-order valence-corrected chi connectivity index (χ0v) is 12.5. The van der Waals surface area contributed by atoms with Crippen molar-refractivity contribution in [1.82, 2.24) is 0 Å². The highest BCUT2D eigenvalue weighted by Crippen LogP contribution is 2.12. The Kier molecular flexibility index (Phi) is 5.89. The second-order valence-electron chi connectivity index (χ2n) is 4.86. The summed E-state index contributed by atoms with van der Waals surface area (Å²) in [7, 11) is -0.940. The third-order valence-electron chi connectivity index (χ3n) is 2.51. The molecule has 0 saturated carbocycles. The minimum Gasteiger partial charge on any atom is -0.386 e. The zero-order valence-electron chi connectivity index (χ0n) is 11.6. The molecule has 104 valence electrons. The maximum atomic E-state index is 12.0. The van der Waals surface area contributed by atoms with E-state index in [-0.39, 0.29) is 12.4 Å². The Labute approximate surface area is 117 Å². The molecule has 0 aromatic heterocycles. The molecule has 5 heteroatoms. The van der Waals surface area contributed by atoms with Gasteiger partial charge in [-0.2, -0.15) is 0 Å². The lowest BCUT2D eigenvalue weighted by Crippen LogP contribution is -2.14. The van der Waals surface area contributed by atoms with Gasteiger partial charge in [-0.3, -0.25) is 14.6 Å². The highest BCUT2D eigenvalue weighted by Gasteiger charge is 2.06. The molecule has 3 N–H and O–H groups in total. The fourth-order valence-corrected chi connectivity index (χ4v) is 2.78. The van der Waals surface area contributed by atoms with E-state index in [0.29, 0.717) is 11.7 Å². The van der Waals surface area contributed by atoms with Gasteiger partial charge in [-0.15, -0.1) is 0 Å². The van der Waals surface area contributed by atoms with E-state index in [1.54, 1.807) is 0 Å². The van der Waals surface area contributed by atoms with Crippen molar-refractivity contribution >= 4 is 22.3 Å². The molecule has 0 bridgehead atoms. The largest absolute Gasteiger partial charge is 0.386 e. The molecule has 0 amide bonds. The number of amidine groups is 1. The maximum Gasteiger partial charge on any atom is 0.113 e. The lowest BCUT2D eigenvalue weighted by atomic mass is 10.1. The number of hydrogen-bond donors (Lipinski definition) is 2. The average molecular weight is 279 g/mol. The number of rotatable bonds is 6. The predicted octanol–water partition coefficient (Wildman–Crippen LogP) is 2.20. The van der Waals surface area contributed by atoms with E-state index >= 15 is 0 Å². The third kappa shape index (κ3) is 5.34. The molecule has 0 heterocycles. The summed E-state index contributed by atoms with van der Waals surface area (Å²) in [4.78, 5) is 5.05. The van der Waals surface area contributed by atoms with Gasteiger partial charge in [0, 0.05) is 16.4 Å². The van der Waals surface area contributed by atoms with E-state index in [4.69, 9.17) is 11.1 Å². The molecule has 0 aliphatic rings. The molecule has 0 aliphatic carbocycles. The van der Waals surface area contributed by atoms with Gasteiger partial charge in [-0.25, -0.2) is 0 Å². The van der Waals surface area contributed by atoms with E-state index in [1.165, 1.54) is 0 Å². The Morgan fingerprint density at radius 2 is 1.95 bits per heavy atom. The van der Waals surface area contributed by atoms with Crippen LogP contribution in [0.25, 0.3) is 0 Å². The van der Waals surface area contributed by atoms with Crippen molar-refractivity contribution in [2.75, 3.05) is 12.3 Å². The van der Waals surface area contributed by atoms with Crippen LogP contribution in [0, 0.1) is 11.3 Å². The van der Waals surface area contributed by atoms with Crippen LogP contribution in [-0.2, 0) is 10.8 Å². The van der Waals surface area contributed by atoms with Gasteiger partial charge in [0.1, 0.15) is 5.84 Å². The highest BCUT2D eigenvalue weighted by atomic mass is 32.2. The van der Waals surface area contributed by atoms with E-state index in [2.05, 4.69) is 18.8 Å². The molecule has 1 aromatic carbocycles. The van der Waals surface area contributed by atoms with Gasteiger partial charge in [0.15, 0.2) is 0 Å². The zero-order chi connectivity index (χ0) is 14.4. The van der Waals surface area contributed by atoms with Crippen molar-refractivity contribution in [1.29, 1.82) is 5.41 Å². The molecule has 1 aromatic rings. The first-order valence-corrected chi connectivity index (χ1v) is 7.54. The molecule has 0 aliphatic heterocycles. The molecule has 4 nitrogen and oxygen atoms in total. The quantitative estimate of drug-likeness (QED) is 0.618. The summed E-state index contributed by atoms with van der Waals surface area (Å²) in [5.41, 5.74) is 7.06. The minimum absolute atomic E-state index is 0.0500.